The van der Waals surface area contributed by atoms with Crippen LogP contribution in [0.4, 0.5) is 0 Å². The molecule has 5 rings (SSSR count). The Hall–Kier alpha value is -15.1. The predicted molar refractivity (Wildman–Crippen MR) is 495 cm³/mol. The van der Waals surface area contributed by atoms with Crippen LogP contribution in [0.5, 0.6) is 17.2 Å². The summed E-state index contributed by atoms with van der Waals surface area (Å²) in [6, 6.07) is 0.418. The predicted octanol–water partition coefficient (Wildman–Crippen LogP) is -8.80. The van der Waals surface area contributed by atoms with Gasteiger partial charge in [-0.2, -0.15) is 0 Å². The number of carboxylic acid groups (broad SMARTS) is 2. The monoisotopic (exact) mass is 1960 g/mol. The van der Waals surface area contributed by atoms with Gasteiger partial charge in [-0.3, -0.25) is 101 Å². The van der Waals surface area contributed by atoms with Gasteiger partial charge in [0.05, 0.1) is 50.6 Å². The molecule has 0 saturated carbocycles. The van der Waals surface area contributed by atoms with E-state index in [1.54, 1.807) is 44.2 Å². The number of hydrogen-bond acceptors (Lipinski definition) is 29. The zero-order chi connectivity index (χ0) is 104. The first-order valence-electron chi connectivity index (χ1n) is 45.1. The van der Waals surface area contributed by atoms with E-state index in [1.165, 1.54) is 72.8 Å². The fourth-order valence-electron chi connectivity index (χ4n) is 14.5. The number of phenolic OH excluding ortho intramolecular Hbond substituents is 3. The largest absolute Gasteiger partial charge is 0.508 e. The molecule has 0 spiro atoms. The van der Waals surface area contributed by atoms with Gasteiger partial charge in [0.2, 0.25) is 112 Å². The number of carboxylic acids is 2. The summed E-state index contributed by atoms with van der Waals surface area (Å²) < 4.78 is 0. The van der Waals surface area contributed by atoms with Crippen LogP contribution in [0.25, 0.3) is 0 Å². The van der Waals surface area contributed by atoms with Crippen molar-refractivity contribution in [1.82, 2.24) is 84.7 Å². The number of likely N-dealkylation sites (tertiary alicyclic amines) is 1. The van der Waals surface area contributed by atoms with Crippen molar-refractivity contribution in [1.29, 1.82) is 0 Å². The second kappa shape index (κ2) is 58.5. The summed E-state index contributed by atoms with van der Waals surface area (Å²) in [5.74, 6) is -25.1. The lowest BCUT2D eigenvalue weighted by Gasteiger charge is -2.30. The van der Waals surface area contributed by atoms with Crippen molar-refractivity contribution in [3.8, 4) is 17.2 Å². The summed E-state index contributed by atoms with van der Waals surface area (Å²) >= 11 is 0. The molecule has 1 heterocycles. The molecule has 16 atom stereocenters. The van der Waals surface area contributed by atoms with E-state index in [0.29, 0.717) is 24.0 Å². The van der Waals surface area contributed by atoms with Crippen LogP contribution in [0.15, 0.2) is 103 Å². The number of carbonyl (C=O) groups excluding carboxylic acids is 19. The van der Waals surface area contributed by atoms with Gasteiger partial charge in [0.1, 0.15) is 102 Å². The van der Waals surface area contributed by atoms with E-state index in [2.05, 4.69) is 79.8 Å². The highest BCUT2D eigenvalue weighted by atomic mass is 16.4. The number of primary amides is 3. The average molecular weight is 1970 g/mol. The minimum atomic E-state index is -2.12. The van der Waals surface area contributed by atoms with E-state index >= 15 is 0 Å². The SMILES string of the molecule is CC(C)C[C@H](NC(=O)[C@@H](N)Cc1ccc(O)cc1)C(=O)N[C@@H](CC(=O)O)C(=O)N1CCC[C@H]1C(=O)N[C@@H](Cc1ccc(O)cc1)C(=O)N[C@@H](CC(N)=O)C(=O)NCC(=O)NCC(=O)N[C@H](C(=O)N[C@H](C(=O)N[C@@H](Cc1ccc(O)cc1)C(=O)N[C@@H](CC(N)=O)C(=O)N[C@@H](CCC(N)=O)C(=O)N[C@@H](CCCCN)C(=O)N[C@@H](Cc1ccccc1)C(=O)N[C@@H](CCCCN)C(=O)NCC(=O)O)[C@@H](C)O)[C@@H](C)O. The van der Waals surface area contributed by atoms with Crippen molar-refractivity contribution in [2.75, 3.05) is 39.3 Å². The van der Waals surface area contributed by atoms with Gasteiger partial charge >= 0.3 is 11.9 Å². The summed E-state index contributed by atoms with van der Waals surface area (Å²) in [7, 11) is 0. The summed E-state index contributed by atoms with van der Waals surface area (Å²) in [6.45, 7) is 2.75. The summed E-state index contributed by atoms with van der Waals surface area (Å²) in [4.78, 5) is 288. The topological polar surface area (TPSA) is 840 Å². The molecule has 4 aromatic carbocycles. The molecular weight excluding hydrogens is 1840 g/mol. The average Bonchev–Trinajstić information content (AvgIpc) is 1.64. The Morgan fingerprint density at radius 2 is 0.736 bits per heavy atom. The van der Waals surface area contributed by atoms with Crippen molar-refractivity contribution in [2.45, 2.75) is 240 Å². The number of benzene rings is 4. The molecule has 4 aromatic rings. The lowest BCUT2D eigenvalue weighted by Crippen LogP contribution is -2.63. The molecule has 1 aliphatic heterocycles. The molecule has 0 aliphatic carbocycles. The molecule has 50 nitrogen and oxygen atoms in total. The second-order valence-electron chi connectivity index (χ2n) is 34.0. The van der Waals surface area contributed by atoms with Crippen LogP contribution in [-0.4, -0.2) is 301 Å². The third-order valence-electron chi connectivity index (χ3n) is 21.8. The zero-order valence-electron chi connectivity index (χ0n) is 77.7. The van der Waals surface area contributed by atoms with Gasteiger partial charge < -0.3 is 155 Å². The Labute approximate surface area is 804 Å². The van der Waals surface area contributed by atoms with Crippen LogP contribution in [-0.2, 0) is 126 Å². The number of aliphatic hydroxyl groups is 2. The molecule has 50 heteroatoms. The number of amides is 19. The normalized spacial score (nSPS) is 15.4. The molecule has 0 unspecified atom stereocenters. The molecule has 19 amide bonds. The Kier molecular flexibility index (Phi) is 48.3. The quantitative estimate of drug-likeness (QED) is 0.0183. The molecule has 34 N–H and O–H groups in total. The van der Waals surface area contributed by atoms with Gasteiger partial charge in [0.15, 0.2) is 0 Å². The van der Waals surface area contributed by atoms with Crippen molar-refractivity contribution in [3.63, 3.8) is 0 Å². The Bertz CT molecular complexity index is 4960. The standard InChI is InChI=1S/C90H128N22O28/c1-46(2)35-60(103-77(127)56(93)36-50-18-24-53(115)25-19-50)82(132)109-66(42-73(123)124)90(140)112-34-12-17-67(112)87(137)107-62(38-51-20-26-54(116)27-21-51)84(134)105-64(40-69(95)119)79(129)98-43-71(121)97-44-72(122)110-75(47(3)113)89(139)111-76(48(4)114)88(138)108-63(39-52-22-28-55(117)29-23-52)85(135)106-65(41-70(96)120)86(136)102-59(30-31-68(94)118)81(131)101-58(16-9-11-33-92)80(130)104-61(37-49-13-6-5-7-14-49)83(133)100-57(15-8-10-32-91)78(128)99-45-74(125)126/h5-7,13-14,18-29,46-48,56-67,75-76,113-117H,8-12,15-17,30-45,91-93H2,1-4H3,(H2,94,118)(H2,95,119)(H2,96,120)(H,97,121)(H,98,129)(H,99,128)(H,100,133)(H,101,131)(H,102,136)(H,103,127)(H,104,130)(H,105,134)(H,106,135)(H,107,137)(H,108,138)(H,109,132)(H,110,122)(H,111,139)(H,123,124)(H,125,126)/t47-,48-,56+,57+,58+,59+,60+,61+,62+,63+,64+,65+,66+,67+,75+,76+/m1/s1. The number of nitrogens with zero attached hydrogens (tertiary/aromatic N) is 1. The van der Waals surface area contributed by atoms with Gasteiger partial charge in [-0.25, -0.2) is 0 Å². The highest BCUT2D eigenvalue weighted by Crippen LogP contribution is 2.23. The van der Waals surface area contributed by atoms with Crippen molar-refractivity contribution in [2.24, 2.45) is 40.3 Å². The van der Waals surface area contributed by atoms with Gasteiger partial charge in [-0.05, 0) is 162 Å². The molecule has 1 saturated heterocycles. The van der Waals surface area contributed by atoms with Crippen molar-refractivity contribution >= 4 is 124 Å². The van der Waals surface area contributed by atoms with Crippen LogP contribution in [0.1, 0.15) is 140 Å². The van der Waals surface area contributed by atoms with Crippen LogP contribution < -0.4 is 114 Å². The number of hydrogen-bond donors (Lipinski definition) is 28. The van der Waals surface area contributed by atoms with Gasteiger partial charge in [-0.15, -0.1) is 0 Å². The fourth-order valence-corrected chi connectivity index (χ4v) is 14.5. The smallest absolute Gasteiger partial charge is 0.322 e. The molecule has 140 heavy (non-hydrogen) atoms. The Morgan fingerprint density at radius 3 is 1.19 bits per heavy atom. The number of aromatic hydroxyl groups is 3. The number of rotatable bonds is 61. The number of aliphatic hydroxyl groups excluding tert-OH is 2. The van der Waals surface area contributed by atoms with E-state index in [-0.39, 0.29) is 112 Å². The maximum atomic E-state index is 14.7. The third kappa shape index (κ3) is 41.1. The maximum absolute atomic E-state index is 14.7. The molecule has 0 radical (unpaired) electrons. The van der Waals surface area contributed by atoms with Gasteiger partial charge in [0, 0.05) is 32.2 Å². The third-order valence-corrected chi connectivity index (χ3v) is 21.8. The molecule has 0 bridgehead atoms. The number of nitrogens with two attached hydrogens (primary N) is 6. The van der Waals surface area contributed by atoms with Crippen molar-refractivity contribution < 1.29 is 136 Å². The summed E-state index contributed by atoms with van der Waals surface area (Å²) in [5, 5.41) is 106. The lowest BCUT2D eigenvalue weighted by atomic mass is 10.0. The van der Waals surface area contributed by atoms with E-state index in [0.717, 1.165) is 18.7 Å². The Balaban J connectivity index is 1.28. The minimum Gasteiger partial charge on any atom is -0.508 e. The summed E-state index contributed by atoms with van der Waals surface area (Å²) in [5.41, 5.74) is 35.8. The molecule has 766 valence electrons. The molecule has 0 aromatic heterocycles. The van der Waals surface area contributed by atoms with Crippen LogP contribution in [0, 0.1) is 5.92 Å². The number of nitrogens with one attached hydrogen (secondary N) is 15. The fraction of sp³-hybridized carbons (Fsp3) is 0.500. The number of phenols is 3. The Morgan fingerprint density at radius 1 is 0.364 bits per heavy atom. The lowest BCUT2D eigenvalue weighted by molar-refractivity contribution is -0.146. The van der Waals surface area contributed by atoms with Crippen LogP contribution >= 0.6 is 0 Å². The van der Waals surface area contributed by atoms with Gasteiger partial charge in [0.25, 0.3) is 0 Å². The minimum absolute atomic E-state index is 0.000113. The van der Waals surface area contributed by atoms with E-state index in [9.17, 15) is 136 Å². The van der Waals surface area contributed by atoms with E-state index < -0.39 is 286 Å². The summed E-state index contributed by atoms with van der Waals surface area (Å²) in [6.07, 6.45) is -8.16. The first-order chi connectivity index (χ1) is 66.1. The number of aliphatic carboxylic acids is 2. The first-order valence-corrected chi connectivity index (χ1v) is 45.1. The number of unbranched alkanes of at least 4 members (excludes halogenated alkanes) is 2. The highest BCUT2D eigenvalue weighted by molar-refractivity contribution is 6.02. The molecular formula is C90H128N22O28. The van der Waals surface area contributed by atoms with Crippen LogP contribution in [0.3, 0.4) is 0 Å². The van der Waals surface area contributed by atoms with Gasteiger partial charge in [-0.1, -0.05) is 80.6 Å². The second-order valence-corrected chi connectivity index (χ2v) is 34.0. The molecule has 1 aliphatic rings. The number of carbonyl (C=O) groups is 21. The van der Waals surface area contributed by atoms with Crippen LogP contribution in [0.2, 0.25) is 0 Å². The first kappa shape index (κ1) is 115. The van der Waals surface area contributed by atoms with E-state index in [4.69, 9.17) is 34.4 Å². The molecule has 1 fully saturated rings. The van der Waals surface area contributed by atoms with Crippen molar-refractivity contribution in [3.05, 3.63) is 125 Å². The highest BCUT2D eigenvalue weighted by Gasteiger charge is 2.43. The zero-order valence-corrected chi connectivity index (χ0v) is 77.7. The maximum Gasteiger partial charge on any atom is 0.322 e. The van der Waals surface area contributed by atoms with E-state index in [1.807, 2.05) is 0 Å².